The molecule has 0 radical (unpaired) electrons. The van der Waals surface area contributed by atoms with Crippen molar-refractivity contribution in [3.63, 3.8) is 0 Å². The number of aliphatic imine (C=N–C) groups is 1. The molecule has 1 rings (SSSR count). The standard InChI is InChI=1S/C17H36N4O3S2.HI/c1-6-14-26(23,24)21-11-8-15(9-12-21)20-16(18-7-2)19-10-13-25(22)17(3,4)5;/h15H,6-14H2,1-5H3,(H2,18,19,20);1H. The molecular weight excluding hydrogens is 499 g/mol. The predicted octanol–water partition coefficient (Wildman–Crippen LogP) is 1.91. The zero-order valence-electron chi connectivity index (χ0n) is 17.3. The number of hydrogen-bond acceptors (Lipinski definition) is 4. The van der Waals surface area contributed by atoms with E-state index < -0.39 is 20.8 Å². The van der Waals surface area contributed by atoms with Crippen molar-refractivity contribution in [3.8, 4) is 0 Å². The van der Waals surface area contributed by atoms with Crippen LogP contribution >= 0.6 is 24.0 Å². The highest BCUT2D eigenvalue weighted by Crippen LogP contribution is 2.15. The largest absolute Gasteiger partial charge is 0.357 e. The van der Waals surface area contributed by atoms with Crippen LogP contribution in [0.4, 0.5) is 0 Å². The Morgan fingerprint density at radius 3 is 2.30 bits per heavy atom. The number of piperidine rings is 1. The van der Waals surface area contributed by atoms with Gasteiger partial charge in [-0.05, 0) is 47.0 Å². The molecule has 7 nitrogen and oxygen atoms in total. The van der Waals surface area contributed by atoms with Crippen molar-refractivity contribution < 1.29 is 12.6 Å². The molecule has 2 N–H and O–H groups in total. The molecule has 0 spiro atoms. The fourth-order valence-corrected chi connectivity index (χ4v) is 5.14. The van der Waals surface area contributed by atoms with Gasteiger partial charge in [0.1, 0.15) is 0 Å². The maximum absolute atomic E-state index is 12.1. The number of hydrogen-bond donors (Lipinski definition) is 2. The average molecular weight is 537 g/mol. The maximum atomic E-state index is 12.1. The summed E-state index contributed by atoms with van der Waals surface area (Å²) < 4.78 is 37.8. The summed E-state index contributed by atoms with van der Waals surface area (Å²) >= 11 is 0. The topological polar surface area (TPSA) is 90.9 Å². The van der Waals surface area contributed by atoms with Gasteiger partial charge in [-0.15, -0.1) is 24.0 Å². The van der Waals surface area contributed by atoms with Gasteiger partial charge in [-0.25, -0.2) is 12.7 Å². The molecule has 1 unspecified atom stereocenters. The summed E-state index contributed by atoms with van der Waals surface area (Å²) in [5.41, 5.74) is 0. The van der Waals surface area contributed by atoms with Gasteiger partial charge < -0.3 is 10.6 Å². The van der Waals surface area contributed by atoms with Crippen LogP contribution in [0.3, 0.4) is 0 Å². The SMILES string of the molecule is CCCS(=O)(=O)N1CCC(NC(=NCCS(=O)C(C)(C)C)NCC)CC1.I. The second-order valence-corrected chi connectivity index (χ2v) is 12.0. The van der Waals surface area contributed by atoms with E-state index in [9.17, 15) is 12.6 Å². The van der Waals surface area contributed by atoms with E-state index in [0.717, 1.165) is 19.4 Å². The van der Waals surface area contributed by atoms with E-state index >= 15 is 0 Å². The molecule has 0 aromatic rings. The number of nitrogens with one attached hydrogen (secondary N) is 2. The predicted molar refractivity (Wildman–Crippen MR) is 126 cm³/mol. The Balaban J connectivity index is 0.00000676. The molecule has 1 fully saturated rings. The molecule has 10 heteroatoms. The molecule has 27 heavy (non-hydrogen) atoms. The minimum absolute atomic E-state index is 0. The molecule has 1 heterocycles. The van der Waals surface area contributed by atoms with Crippen molar-refractivity contribution in [1.29, 1.82) is 0 Å². The molecule has 0 amide bonds. The van der Waals surface area contributed by atoms with Crippen LogP contribution in [0.15, 0.2) is 4.99 Å². The van der Waals surface area contributed by atoms with Crippen LogP contribution in [0.5, 0.6) is 0 Å². The highest BCUT2D eigenvalue weighted by Gasteiger charge is 2.27. The van der Waals surface area contributed by atoms with E-state index in [0.29, 0.717) is 37.8 Å². The number of rotatable bonds is 8. The van der Waals surface area contributed by atoms with Crippen LogP contribution < -0.4 is 10.6 Å². The van der Waals surface area contributed by atoms with Crippen molar-refractivity contribution in [3.05, 3.63) is 0 Å². The lowest BCUT2D eigenvalue weighted by Gasteiger charge is -2.32. The number of guanidine groups is 1. The first kappa shape index (κ1) is 27.1. The van der Waals surface area contributed by atoms with Gasteiger partial charge in [0.15, 0.2) is 5.96 Å². The molecule has 0 aliphatic carbocycles. The van der Waals surface area contributed by atoms with Gasteiger partial charge in [0.25, 0.3) is 0 Å². The minimum atomic E-state index is -3.11. The Morgan fingerprint density at radius 2 is 1.81 bits per heavy atom. The fourth-order valence-electron chi connectivity index (χ4n) is 2.73. The summed E-state index contributed by atoms with van der Waals surface area (Å²) in [7, 11) is -4.02. The second-order valence-electron chi connectivity index (χ2n) is 7.56. The Morgan fingerprint density at radius 1 is 1.22 bits per heavy atom. The second kappa shape index (κ2) is 12.6. The van der Waals surface area contributed by atoms with E-state index in [1.165, 1.54) is 0 Å². The zero-order chi connectivity index (χ0) is 19.8. The van der Waals surface area contributed by atoms with Gasteiger partial charge in [0, 0.05) is 47.0 Å². The lowest BCUT2D eigenvalue weighted by Crippen LogP contribution is -2.50. The lowest BCUT2D eigenvalue weighted by molar-refractivity contribution is 0.306. The van der Waals surface area contributed by atoms with E-state index in [1.807, 2.05) is 34.6 Å². The van der Waals surface area contributed by atoms with Gasteiger partial charge in [0.05, 0.1) is 12.3 Å². The summed E-state index contributed by atoms with van der Waals surface area (Å²) in [6.45, 7) is 12.1. The van der Waals surface area contributed by atoms with E-state index in [-0.39, 0.29) is 40.5 Å². The van der Waals surface area contributed by atoms with Crippen molar-refractivity contribution in [2.24, 2.45) is 4.99 Å². The van der Waals surface area contributed by atoms with Crippen LogP contribution in [0.1, 0.15) is 53.9 Å². The summed E-state index contributed by atoms with van der Waals surface area (Å²) in [6.07, 6.45) is 2.18. The van der Waals surface area contributed by atoms with Crippen molar-refractivity contribution >= 4 is 50.8 Å². The maximum Gasteiger partial charge on any atom is 0.214 e. The van der Waals surface area contributed by atoms with E-state index in [2.05, 4.69) is 15.6 Å². The Hall–Kier alpha value is 0.0600. The van der Waals surface area contributed by atoms with Crippen molar-refractivity contribution in [2.45, 2.75) is 64.7 Å². The number of sulfonamides is 1. The Kier molecular flexibility index (Phi) is 12.6. The third-order valence-electron chi connectivity index (χ3n) is 4.22. The molecule has 1 aliphatic rings. The third-order valence-corrected chi connectivity index (χ3v) is 8.22. The van der Waals surface area contributed by atoms with Crippen molar-refractivity contribution in [1.82, 2.24) is 14.9 Å². The van der Waals surface area contributed by atoms with Gasteiger partial charge >= 0.3 is 0 Å². The van der Waals surface area contributed by atoms with Crippen LogP contribution in [-0.4, -0.2) is 71.4 Å². The molecule has 162 valence electrons. The zero-order valence-corrected chi connectivity index (χ0v) is 21.2. The highest BCUT2D eigenvalue weighted by atomic mass is 127. The molecule has 0 aromatic heterocycles. The summed E-state index contributed by atoms with van der Waals surface area (Å²) in [6, 6.07) is 0.203. The smallest absolute Gasteiger partial charge is 0.214 e. The molecule has 1 saturated heterocycles. The third kappa shape index (κ3) is 9.89. The summed E-state index contributed by atoms with van der Waals surface area (Å²) in [5, 5.41) is 6.60. The summed E-state index contributed by atoms with van der Waals surface area (Å²) in [4.78, 5) is 4.53. The molecule has 1 aliphatic heterocycles. The van der Waals surface area contributed by atoms with Gasteiger partial charge in [-0.2, -0.15) is 0 Å². The average Bonchev–Trinajstić information content (AvgIpc) is 2.54. The molecule has 0 bridgehead atoms. The first-order valence-electron chi connectivity index (χ1n) is 9.51. The quantitative estimate of drug-likeness (QED) is 0.281. The number of halogens is 1. The number of nitrogens with zero attached hydrogens (tertiary/aromatic N) is 2. The molecule has 1 atom stereocenters. The Labute approximate surface area is 185 Å². The summed E-state index contributed by atoms with van der Waals surface area (Å²) in [5.74, 6) is 1.47. The van der Waals surface area contributed by atoms with Crippen LogP contribution in [0.25, 0.3) is 0 Å². The monoisotopic (exact) mass is 536 g/mol. The normalized spacial score (nSPS) is 18.6. The first-order valence-corrected chi connectivity index (χ1v) is 12.4. The first-order chi connectivity index (χ1) is 12.1. The van der Waals surface area contributed by atoms with E-state index in [1.54, 1.807) is 4.31 Å². The lowest BCUT2D eigenvalue weighted by atomic mass is 10.1. The molecule has 0 aromatic carbocycles. The molecule has 0 saturated carbocycles. The fraction of sp³-hybridized carbons (Fsp3) is 0.941. The van der Waals surface area contributed by atoms with Crippen LogP contribution in [0, 0.1) is 0 Å². The van der Waals surface area contributed by atoms with Gasteiger partial charge in [0.2, 0.25) is 10.0 Å². The Bertz CT molecular complexity index is 583. The van der Waals surface area contributed by atoms with Crippen LogP contribution in [0.2, 0.25) is 0 Å². The van der Waals surface area contributed by atoms with Crippen molar-refractivity contribution in [2.75, 3.05) is 37.7 Å². The van der Waals surface area contributed by atoms with E-state index in [4.69, 9.17) is 0 Å². The minimum Gasteiger partial charge on any atom is -0.357 e. The van der Waals surface area contributed by atoms with Gasteiger partial charge in [-0.1, -0.05) is 6.92 Å². The molecular formula is C17H37IN4O3S2. The highest BCUT2D eigenvalue weighted by molar-refractivity contribution is 14.0. The van der Waals surface area contributed by atoms with Gasteiger partial charge in [-0.3, -0.25) is 9.20 Å². The van der Waals surface area contributed by atoms with Crippen LogP contribution in [-0.2, 0) is 20.8 Å².